The second-order valence-electron chi connectivity index (χ2n) is 4.86. The molecule has 0 aliphatic rings. The Bertz CT molecular complexity index is 656. The molecular formula is C16H19N3O2. The first-order chi connectivity index (χ1) is 10.0. The fraction of sp³-hybridized carbons (Fsp3) is 0.188. The summed E-state index contributed by atoms with van der Waals surface area (Å²) in [6.07, 6.45) is 0. The molecule has 5 nitrogen and oxygen atoms in total. The predicted molar refractivity (Wildman–Crippen MR) is 84.1 cm³/mol. The van der Waals surface area contributed by atoms with Gasteiger partial charge in [-0.05, 0) is 35.9 Å². The van der Waals surface area contributed by atoms with Crippen LogP contribution in [0.15, 0.2) is 42.5 Å². The van der Waals surface area contributed by atoms with E-state index in [2.05, 4.69) is 0 Å². The molecule has 0 aliphatic heterocycles. The van der Waals surface area contributed by atoms with E-state index in [0.717, 1.165) is 11.3 Å². The van der Waals surface area contributed by atoms with Crippen molar-refractivity contribution in [3.63, 3.8) is 0 Å². The molecule has 2 rings (SSSR count). The second kappa shape index (κ2) is 6.17. The van der Waals surface area contributed by atoms with Gasteiger partial charge in [0.1, 0.15) is 5.75 Å². The third kappa shape index (κ3) is 3.45. The van der Waals surface area contributed by atoms with Gasteiger partial charge < -0.3 is 21.1 Å². The van der Waals surface area contributed by atoms with Crippen LogP contribution in [0, 0.1) is 0 Å². The Morgan fingerprint density at radius 1 is 1.19 bits per heavy atom. The number of nitrogens with two attached hydrogens (primary N) is 2. The van der Waals surface area contributed by atoms with Gasteiger partial charge in [-0.3, -0.25) is 4.79 Å². The number of nitrogen functional groups attached to an aromatic ring is 2. The fourth-order valence-corrected chi connectivity index (χ4v) is 2.10. The summed E-state index contributed by atoms with van der Waals surface area (Å²) >= 11 is 0. The molecule has 0 heterocycles. The highest BCUT2D eigenvalue weighted by molar-refractivity contribution is 5.99. The standard InChI is InChI=1S/C16H19N3O2/c1-19(10-11-4-3-5-13(8-11)21-2)16(20)14-7-6-12(17)9-15(14)18/h3-9H,10,17-18H2,1-2H3. The first kappa shape index (κ1) is 14.7. The molecule has 0 saturated heterocycles. The molecule has 0 aromatic heterocycles. The lowest BCUT2D eigenvalue weighted by molar-refractivity contribution is 0.0786. The lowest BCUT2D eigenvalue weighted by Crippen LogP contribution is -2.27. The van der Waals surface area contributed by atoms with Crippen molar-refractivity contribution < 1.29 is 9.53 Å². The average Bonchev–Trinajstić information content (AvgIpc) is 2.46. The maximum absolute atomic E-state index is 12.4. The molecule has 1 amide bonds. The van der Waals surface area contributed by atoms with Crippen molar-refractivity contribution in [2.45, 2.75) is 6.54 Å². The van der Waals surface area contributed by atoms with E-state index in [9.17, 15) is 4.79 Å². The van der Waals surface area contributed by atoms with Gasteiger partial charge in [-0.2, -0.15) is 0 Å². The summed E-state index contributed by atoms with van der Waals surface area (Å²) in [6.45, 7) is 0.472. The third-order valence-electron chi connectivity index (χ3n) is 3.21. The van der Waals surface area contributed by atoms with Crippen molar-refractivity contribution in [2.24, 2.45) is 0 Å². The van der Waals surface area contributed by atoms with E-state index in [1.165, 1.54) is 0 Å². The third-order valence-corrected chi connectivity index (χ3v) is 3.21. The SMILES string of the molecule is COc1cccc(CN(C)C(=O)c2ccc(N)cc2N)c1. The molecule has 0 spiro atoms. The molecule has 0 radical (unpaired) electrons. The number of anilines is 2. The maximum atomic E-state index is 12.4. The van der Waals surface area contributed by atoms with Crippen LogP contribution >= 0.6 is 0 Å². The predicted octanol–water partition coefficient (Wildman–Crippen LogP) is 2.13. The van der Waals surface area contributed by atoms with Gasteiger partial charge in [-0.15, -0.1) is 0 Å². The minimum Gasteiger partial charge on any atom is -0.497 e. The zero-order chi connectivity index (χ0) is 15.4. The van der Waals surface area contributed by atoms with E-state index in [0.29, 0.717) is 23.5 Å². The Kier molecular flexibility index (Phi) is 4.33. The van der Waals surface area contributed by atoms with Crippen molar-refractivity contribution in [3.05, 3.63) is 53.6 Å². The molecule has 0 fully saturated rings. The number of rotatable bonds is 4. The van der Waals surface area contributed by atoms with E-state index in [-0.39, 0.29) is 5.91 Å². The first-order valence-corrected chi connectivity index (χ1v) is 6.54. The van der Waals surface area contributed by atoms with Crippen LogP contribution in [0.4, 0.5) is 11.4 Å². The number of carbonyl (C=O) groups is 1. The van der Waals surface area contributed by atoms with Crippen LogP contribution < -0.4 is 16.2 Å². The van der Waals surface area contributed by atoms with Gasteiger partial charge in [-0.25, -0.2) is 0 Å². The normalized spacial score (nSPS) is 10.2. The minimum absolute atomic E-state index is 0.143. The van der Waals surface area contributed by atoms with E-state index in [1.807, 2.05) is 24.3 Å². The van der Waals surface area contributed by atoms with Gasteiger partial charge in [0, 0.05) is 25.0 Å². The second-order valence-corrected chi connectivity index (χ2v) is 4.86. The minimum atomic E-state index is -0.143. The molecule has 21 heavy (non-hydrogen) atoms. The van der Waals surface area contributed by atoms with Crippen molar-refractivity contribution in [1.29, 1.82) is 0 Å². The summed E-state index contributed by atoms with van der Waals surface area (Å²) in [5, 5.41) is 0. The molecule has 2 aromatic carbocycles. The molecule has 5 heteroatoms. The smallest absolute Gasteiger partial charge is 0.255 e. The number of hydrogen-bond donors (Lipinski definition) is 2. The quantitative estimate of drug-likeness (QED) is 0.843. The Hall–Kier alpha value is -2.69. The highest BCUT2D eigenvalue weighted by atomic mass is 16.5. The van der Waals surface area contributed by atoms with Gasteiger partial charge in [0.15, 0.2) is 0 Å². The Labute approximate surface area is 124 Å². The number of methoxy groups -OCH3 is 1. The van der Waals surface area contributed by atoms with Crippen LogP contribution in [0.5, 0.6) is 5.75 Å². The van der Waals surface area contributed by atoms with E-state index in [1.54, 1.807) is 37.3 Å². The molecule has 4 N–H and O–H groups in total. The van der Waals surface area contributed by atoms with Gasteiger partial charge in [-0.1, -0.05) is 12.1 Å². The number of amides is 1. The zero-order valence-electron chi connectivity index (χ0n) is 12.2. The van der Waals surface area contributed by atoms with Gasteiger partial charge in [0.25, 0.3) is 5.91 Å². The fourth-order valence-electron chi connectivity index (χ4n) is 2.10. The van der Waals surface area contributed by atoms with Crippen LogP contribution in [0.25, 0.3) is 0 Å². The van der Waals surface area contributed by atoms with Crippen LogP contribution in [-0.4, -0.2) is 25.0 Å². The van der Waals surface area contributed by atoms with Crippen molar-refractivity contribution in [3.8, 4) is 5.75 Å². The Morgan fingerprint density at radius 2 is 1.95 bits per heavy atom. The Balaban J connectivity index is 2.15. The summed E-state index contributed by atoms with van der Waals surface area (Å²) in [5.41, 5.74) is 13.9. The van der Waals surface area contributed by atoms with Crippen molar-refractivity contribution >= 4 is 17.3 Å². The molecule has 0 saturated carbocycles. The first-order valence-electron chi connectivity index (χ1n) is 6.54. The summed E-state index contributed by atoms with van der Waals surface area (Å²) in [5.74, 6) is 0.621. The topological polar surface area (TPSA) is 81.6 Å². The zero-order valence-corrected chi connectivity index (χ0v) is 12.2. The highest BCUT2D eigenvalue weighted by Crippen LogP contribution is 2.19. The number of benzene rings is 2. The van der Waals surface area contributed by atoms with Crippen LogP contribution in [0.2, 0.25) is 0 Å². The summed E-state index contributed by atoms with van der Waals surface area (Å²) < 4.78 is 5.18. The molecule has 0 atom stereocenters. The van der Waals surface area contributed by atoms with Gasteiger partial charge >= 0.3 is 0 Å². The Morgan fingerprint density at radius 3 is 2.62 bits per heavy atom. The molecular weight excluding hydrogens is 266 g/mol. The lowest BCUT2D eigenvalue weighted by atomic mass is 10.1. The summed E-state index contributed by atoms with van der Waals surface area (Å²) in [7, 11) is 3.35. The highest BCUT2D eigenvalue weighted by Gasteiger charge is 2.15. The van der Waals surface area contributed by atoms with Crippen LogP contribution in [0.3, 0.4) is 0 Å². The monoisotopic (exact) mass is 285 g/mol. The molecule has 2 aromatic rings. The lowest BCUT2D eigenvalue weighted by Gasteiger charge is -2.19. The molecule has 0 unspecified atom stereocenters. The van der Waals surface area contributed by atoms with Gasteiger partial charge in [0.2, 0.25) is 0 Å². The number of carbonyl (C=O) groups excluding carboxylic acids is 1. The maximum Gasteiger partial charge on any atom is 0.255 e. The summed E-state index contributed by atoms with van der Waals surface area (Å²) in [6, 6.07) is 12.5. The number of nitrogens with zero attached hydrogens (tertiary/aromatic N) is 1. The molecule has 110 valence electrons. The molecule has 0 bridgehead atoms. The van der Waals surface area contributed by atoms with E-state index in [4.69, 9.17) is 16.2 Å². The van der Waals surface area contributed by atoms with Crippen LogP contribution in [0.1, 0.15) is 15.9 Å². The van der Waals surface area contributed by atoms with Crippen LogP contribution in [-0.2, 0) is 6.54 Å². The van der Waals surface area contributed by atoms with E-state index < -0.39 is 0 Å². The number of ether oxygens (including phenoxy) is 1. The van der Waals surface area contributed by atoms with Crippen molar-refractivity contribution in [1.82, 2.24) is 4.90 Å². The van der Waals surface area contributed by atoms with Gasteiger partial charge in [0.05, 0.1) is 12.7 Å². The molecule has 0 aliphatic carbocycles. The van der Waals surface area contributed by atoms with Crippen molar-refractivity contribution in [2.75, 3.05) is 25.6 Å². The number of hydrogen-bond acceptors (Lipinski definition) is 4. The largest absolute Gasteiger partial charge is 0.497 e. The summed E-state index contributed by atoms with van der Waals surface area (Å²) in [4.78, 5) is 14.0. The average molecular weight is 285 g/mol. The van der Waals surface area contributed by atoms with E-state index >= 15 is 0 Å².